The second kappa shape index (κ2) is 15.8. The number of ether oxygens (including phenoxy) is 1. The van der Waals surface area contributed by atoms with Crippen LogP contribution in [-0.4, -0.2) is 17.0 Å². The summed E-state index contributed by atoms with van der Waals surface area (Å²) < 4.78 is 5.16. The Hall–Kier alpha value is -2.62. The van der Waals surface area contributed by atoms with E-state index in [4.69, 9.17) is 14.6 Å². The molecule has 0 fully saturated rings. The lowest BCUT2D eigenvalue weighted by atomic mass is 10.2. The first-order valence-corrected chi connectivity index (χ1v) is 7.61. The van der Waals surface area contributed by atoms with E-state index < -0.39 is 5.97 Å². The Kier molecular flexibility index (Phi) is 15.5. The van der Waals surface area contributed by atoms with Crippen molar-refractivity contribution < 1.29 is 19.4 Å². The van der Waals surface area contributed by atoms with Gasteiger partial charge in [0.2, 0.25) is 0 Å². The van der Waals surface area contributed by atoms with E-state index in [0.29, 0.717) is 11.3 Å². The molecule has 1 N–H and O–H groups in total. The molecule has 23 heavy (non-hydrogen) atoms. The Morgan fingerprint density at radius 1 is 0.783 bits per heavy atom. The highest BCUT2D eigenvalue weighted by Gasteiger charge is 2.06. The molecule has 4 nitrogen and oxygen atoms in total. The fourth-order valence-electron chi connectivity index (χ4n) is 1.23. The first kappa shape index (κ1) is 22.7. The van der Waals surface area contributed by atoms with Crippen molar-refractivity contribution in [3.05, 3.63) is 66.2 Å². The minimum absolute atomic E-state index is 0.332. The number of hydrogen-bond acceptors (Lipinski definition) is 3. The van der Waals surface area contributed by atoms with Gasteiger partial charge in [-0.3, -0.25) is 4.79 Å². The van der Waals surface area contributed by atoms with Crippen LogP contribution in [-0.2, 0) is 4.79 Å². The van der Waals surface area contributed by atoms with Crippen molar-refractivity contribution in [2.75, 3.05) is 0 Å². The third-order valence-corrected chi connectivity index (χ3v) is 1.96. The van der Waals surface area contributed by atoms with Gasteiger partial charge < -0.3 is 9.84 Å². The number of carbonyl (C=O) groups excluding carboxylic acids is 1. The summed E-state index contributed by atoms with van der Waals surface area (Å²) in [6.07, 6.45) is 0. The fraction of sp³-hybridized carbons (Fsp3) is 0.263. The summed E-state index contributed by atoms with van der Waals surface area (Å²) in [4.78, 5) is 20.6. The van der Waals surface area contributed by atoms with E-state index in [2.05, 4.69) is 0 Å². The molecule has 0 bridgehead atoms. The molecular weight excluding hydrogens is 292 g/mol. The van der Waals surface area contributed by atoms with Gasteiger partial charge in [0.15, 0.2) is 0 Å². The van der Waals surface area contributed by atoms with Gasteiger partial charge in [-0.05, 0) is 24.3 Å². The van der Waals surface area contributed by atoms with Crippen LogP contribution < -0.4 is 4.74 Å². The summed E-state index contributed by atoms with van der Waals surface area (Å²) in [6, 6.07) is 18.0. The van der Waals surface area contributed by atoms with Crippen LogP contribution in [0, 0.1) is 0 Å². The van der Waals surface area contributed by atoms with E-state index in [1.54, 1.807) is 24.3 Å². The molecule has 0 heterocycles. The van der Waals surface area contributed by atoms with Crippen LogP contribution in [0.5, 0.6) is 5.75 Å². The molecule has 0 aliphatic rings. The van der Waals surface area contributed by atoms with Crippen molar-refractivity contribution in [1.82, 2.24) is 0 Å². The number of esters is 1. The SMILES string of the molecule is CC.CC.CC(=O)O.O=C(Oc1ccccc1)c1ccccc1. The summed E-state index contributed by atoms with van der Waals surface area (Å²) in [5, 5.41) is 7.42. The second-order valence-corrected chi connectivity index (χ2v) is 3.59. The van der Waals surface area contributed by atoms with Crippen LogP contribution in [0.25, 0.3) is 0 Å². The highest BCUT2D eigenvalue weighted by atomic mass is 16.5. The molecule has 0 saturated heterocycles. The highest BCUT2D eigenvalue weighted by Crippen LogP contribution is 2.11. The quantitative estimate of drug-likeness (QED) is 0.621. The van der Waals surface area contributed by atoms with E-state index in [9.17, 15) is 4.79 Å². The normalized spacial score (nSPS) is 7.87. The van der Waals surface area contributed by atoms with Gasteiger partial charge in [-0.2, -0.15) is 0 Å². The van der Waals surface area contributed by atoms with Crippen LogP contribution in [0.2, 0.25) is 0 Å². The largest absolute Gasteiger partial charge is 0.481 e. The van der Waals surface area contributed by atoms with Gasteiger partial charge in [-0.15, -0.1) is 0 Å². The molecule has 0 saturated carbocycles. The molecule has 0 aliphatic carbocycles. The maximum absolute atomic E-state index is 11.6. The smallest absolute Gasteiger partial charge is 0.343 e. The molecule has 2 rings (SSSR count). The maximum Gasteiger partial charge on any atom is 0.343 e. The number of aliphatic carboxylic acids is 1. The molecule has 0 spiro atoms. The topological polar surface area (TPSA) is 63.6 Å². The molecule has 0 aliphatic heterocycles. The second-order valence-electron chi connectivity index (χ2n) is 3.59. The number of hydrogen-bond donors (Lipinski definition) is 1. The average Bonchev–Trinajstić information content (AvgIpc) is 2.60. The van der Waals surface area contributed by atoms with Crippen molar-refractivity contribution in [1.29, 1.82) is 0 Å². The minimum Gasteiger partial charge on any atom is -0.481 e. The van der Waals surface area contributed by atoms with E-state index in [-0.39, 0.29) is 5.97 Å². The van der Waals surface area contributed by atoms with Gasteiger partial charge in [0, 0.05) is 6.92 Å². The molecule has 0 unspecified atom stereocenters. The van der Waals surface area contributed by atoms with Gasteiger partial charge in [0.1, 0.15) is 5.75 Å². The van der Waals surface area contributed by atoms with Gasteiger partial charge in [-0.25, -0.2) is 4.79 Å². The lowest BCUT2D eigenvalue weighted by Gasteiger charge is -2.02. The summed E-state index contributed by atoms with van der Waals surface area (Å²) in [6.45, 7) is 9.08. The Labute approximate surface area is 138 Å². The zero-order chi connectivity index (χ0) is 18.1. The Bertz CT molecular complexity index is 518. The molecule has 2 aromatic rings. The lowest BCUT2D eigenvalue weighted by Crippen LogP contribution is -2.07. The molecule has 0 amide bonds. The monoisotopic (exact) mass is 318 g/mol. The van der Waals surface area contributed by atoms with Crippen LogP contribution in [0.3, 0.4) is 0 Å². The van der Waals surface area contributed by atoms with Gasteiger partial charge in [0.25, 0.3) is 5.97 Å². The molecular formula is C19H26O4. The number of carboxylic acid groups (broad SMARTS) is 1. The molecule has 126 valence electrons. The Morgan fingerprint density at radius 3 is 1.52 bits per heavy atom. The van der Waals surface area contributed by atoms with Crippen LogP contribution in [0.15, 0.2) is 60.7 Å². The predicted octanol–water partition coefficient (Wildman–Crippen LogP) is 5.05. The van der Waals surface area contributed by atoms with Crippen molar-refractivity contribution >= 4 is 11.9 Å². The number of carboxylic acids is 1. The first-order chi connectivity index (χ1) is 11.1. The van der Waals surface area contributed by atoms with Crippen molar-refractivity contribution in [3.63, 3.8) is 0 Å². The molecule has 2 aromatic carbocycles. The zero-order valence-corrected chi connectivity index (χ0v) is 14.4. The van der Waals surface area contributed by atoms with Crippen molar-refractivity contribution in [2.45, 2.75) is 34.6 Å². The summed E-state index contributed by atoms with van der Waals surface area (Å²) in [5.41, 5.74) is 0.557. The maximum atomic E-state index is 11.6. The number of rotatable bonds is 2. The van der Waals surface area contributed by atoms with E-state index in [0.717, 1.165) is 6.92 Å². The predicted molar refractivity (Wildman–Crippen MR) is 93.8 cm³/mol. The number of benzene rings is 2. The van der Waals surface area contributed by atoms with Crippen molar-refractivity contribution in [3.8, 4) is 5.75 Å². The van der Waals surface area contributed by atoms with Gasteiger partial charge >= 0.3 is 5.97 Å². The number of carbonyl (C=O) groups is 2. The molecule has 0 radical (unpaired) electrons. The zero-order valence-electron chi connectivity index (χ0n) is 14.4. The number of para-hydroxylation sites is 1. The van der Waals surface area contributed by atoms with E-state index in [1.807, 2.05) is 64.1 Å². The fourth-order valence-corrected chi connectivity index (χ4v) is 1.23. The highest BCUT2D eigenvalue weighted by molar-refractivity contribution is 5.90. The molecule has 0 aromatic heterocycles. The Balaban J connectivity index is 0. The average molecular weight is 318 g/mol. The third-order valence-electron chi connectivity index (χ3n) is 1.96. The van der Waals surface area contributed by atoms with Gasteiger partial charge in [0.05, 0.1) is 5.56 Å². The van der Waals surface area contributed by atoms with Crippen LogP contribution in [0.4, 0.5) is 0 Å². The summed E-state index contributed by atoms with van der Waals surface area (Å²) >= 11 is 0. The standard InChI is InChI=1S/C13H10O2.C2H4O2.2C2H6/c14-13(11-7-3-1-4-8-11)15-12-9-5-2-6-10-12;1-2(3)4;2*1-2/h1-10H;1H3,(H,3,4);2*1-2H3. The summed E-state index contributed by atoms with van der Waals surface area (Å²) in [7, 11) is 0. The van der Waals surface area contributed by atoms with E-state index >= 15 is 0 Å². The molecule has 0 atom stereocenters. The third kappa shape index (κ3) is 12.8. The minimum atomic E-state index is -0.833. The first-order valence-electron chi connectivity index (χ1n) is 7.61. The van der Waals surface area contributed by atoms with Crippen molar-refractivity contribution in [2.24, 2.45) is 0 Å². The molecule has 4 heteroatoms. The lowest BCUT2D eigenvalue weighted by molar-refractivity contribution is -0.134. The Morgan fingerprint density at radius 2 is 1.13 bits per heavy atom. The van der Waals surface area contributed by atoms with Crippen LogP contribution >= 0.6 is 0 Å². The summed E-state index contributed by atoms with van der Waals surface area (Å²) in [5.74, 6) is -0.604. The van der Waals surface area contributed by atoms with E-state index in [1.165, 1.54) is 0 Å². The van der Waals surface area contributed by atoms with Crippen LogP contribution in [0.1, 0.15) is 45.0 Å². The van der Waals surface area contributed by atoms with Gasteiger partial charge in [-0.1, -0.05) is 64.1 Å².